The summed E-state index contributed by atoms with van der Waals surface area (Å²) in [6, 6.07) is 0. The highest BCUT2D eigenvalue weighted by Gasteiger charge is 2.12. The number of nitrogens with one attached hydrogen (secondary N) is 1. The summed E-state index contributed by atoms with van der Waals surface area (Å²) in [5.41, 5.74) is 0. The van der Waals surface area contributed by atoms with Crippen molar-refractivity contribution in [1.29, 1.82) is 0 Å². The molecule has 0 spiro atoms. The smallest absolute Gasteiger partial charge is 0.00194 e. The van der Waals surface area contributed by atoms with Gasteiger partial charge in [-0.15, -0.1) is 0 Å². The minimum atomic E-state index is 0.840. The van der Waals surface area contributed by atoms with Crippen LogP contribution in [-0.4, -0.2) is 38.1 Å². The van der Waals surface area contributed by atoms with Crippen molar-refractivity contribution >= 4 is 0 Å². The van der Waals surface area contributed by atoms with Crippen molar-refractivity contribution < 1.29 is 0 Å². The maximum Gasteiger partial charge on any atom is -0.00194 e. The second-order valence-electron chi connectivity index (χ2n) is 5.82. The third-order valence-electron chi connectivity index (χ3n) is 3.70. The Bertz CT molecular complexity index is 162. The highest BCUT2D eigenvalue weighted by atomic mass is 15.1. The molecule has 96 valence electrons. The van der Waals surface area contributed by atoms with Gasteiger partial charge in [0.1, 0.15) is 0 Å². The van der Waals surface area contributed by atoms with E-state index < -0.39 is 0 Å². The topological polar surface area (TPSA) is 15.3 Å². The van der Waals surface area contributed by atoms with Gasteiger partial charge in [0.2, 0.25) is 0 Å². The summed E-state index contributed by atoms with van der Waals surface area (Å²) in [7, 11) is 2.27. The van der Waals surface area contributed by atoms with Gasteiger partial charge < -0.3 is 10.2 Å². The van der Waals surface area contributed by atoms with E-state index in [4.69, 9.17) is 0 Å². The minimum Gasteiger partial charge on any atom is -0.317 e. The van der Waals surface area contributed by atoms with Crippen LogP contribution in [-0.2, 0) is 0 Å². The molecular formula is C14H30N2. The summed E-state index contributed by atoms with van der Waals surface area (Å²) in [6.45, 7) is 9.66. The molecule has 1 fully saturated rings. The van der Waals surface area contributed by atoms with Crippen LogP contribution in [0.1, 0.15) is 46.0 Å². The lowest BCUT2D eigenvalue weighted by molar-refractivity contribution is 0.279. The molecule has 0 unspecified atom stereocenters. The van der Waals surface area contributed by atoms with E-state index in [1.54, 1.807) is 0 Å². The van der Waals surface area contributed by atoms with Gasteiger partial charge in [-0.3, -0.25) is 0 Å². The molecule has 0 aromatic heterocycles. The molecule has 1 N–H and O–H groups in total. The van der Waals surface area contributed by atoms with E-state index in [9.17, 15) is 0 Å². The molecule has 1 rings (SSSR count). The lowest BCUT2D eigenvalue weighted by Crippen LogP contribution is -2.28. The first-order valence-electron chi connectivity index (χ1n) is 7.07. The summed E-state index contributed by atoms with van der Waals surface area (Å²) < 4.78 is 0. The lowest BCUT2D eigenvalue weighted by Gasteiger charge is -2.24. The van der Waals surface area contributed by atoms with Gasteiger partial charge in [0.05, 0.1) is 0 Å². The van der Waals surface area contributed by atoms with Crippen LogP contribution in [0.15, 0.2) is 0 Å². The van der Waals surface area contributed by atoms with Crippen LogP contribution in [0.3, 0.4) is 0 Å². The zero-order valence-electron chi connectivity index (χ0n) is 11.5. The molecule has 0 radical (unpaired) electrons. The predicted octanol–water partition coefficient (Wildman–Crippen LogP) is 2.74. The van der Waals surface area contributed by atoms with Crippen molar-refractivity contribution in [3.05, 3.63) is 0 Å². The van der Waals surface area contributed by atoms with Crippen molar-refractivity contribution in [2.75, 3.05) is 33.2 Å². The summed E-state index contributed by atoms with van der Waals surface area (Å²) in [5.74, 6) is 1.84. The predicted molar refractivity (Wildman–Crippen MR) is 71.8 cm³/mol. The fourth-order valence-corrected chi connectivity index (χ4v) is 2.41. The average Bonchev–Trinajstić information content (AvgIpc) is 2.28. The molecule has 1 aliphatic rings. The van der Waals surface area contributed by atoms with E-state index in [-0.39, 0.29) is 0 Å². The molecule has 0 saturated carbocycles. The van der Waals surface area contributed by atoms with Gasteiger partial charge in [0.15, 0.2) is 0 Å². The van der Waals surface area contributed by atoms with Crippen molar-refractivity contribution in [3.8, 4) is 0 Å². The van der Waals surface area contributed by atoms with Gasteiger partial charge in [-0.25, -0.2) is 0 Å². The molecular weight excluding hydrogens is 196 g/mol. The van der Waals surface area contributed by atoms with Crippen LogP contribution >= 0.6 is 0 Å². The Labute approximate surface area is 102 Å². The van der Waals surface area contributed by atoms with Gasteiger partial charge >= 0.3 is 0 Å². The standard InChI is InChI=1S/C14H30N2/c1-13(2)8-12-16(3)11-4-5-14-6-9-15-10-7-14/h13-15H,4-12H2,1-3H3. The summed E-state index contributed by atoms with van der Waals surface area (Å²) in [6.07, 6.45) is 6.96. The third kappa shape index (κ3) is 6.49. The van der Waals surface area contributed by atoms with E-state index >= 15 is 0 Å². The van der Waals surface area contributed by atoms with Crippen LogP contribution < -0.4 is 5.32 Å². The SMILES string of the molecule is CC(C)CCN(C)CCCC1CCNCC1. The third-order valence-corrected chi connectivity index (χ3v) is 3.70. The van der Waals surface area contributed by atoms with Crippen LogP contribution in [0.4, 0.5) is 0 Å². The van der Waals surface area contributed by atoms with Crippen LogP contribution in [0.5, 0.6) is 0 Å². The highest BCUT2D eigenvalue weighted by molar-refractivity contribution is 4.69. The zero-order valence-corrected chi connectivity index (χ0v) is 11.5. The number of rotatable bonds is 7. The highest BCUT2D eigenvalue weighted by Crippen LogP contribution is 2.17. The number of nitrogens with zero attached hydrogens (tertiary/aromatic N) is 1. The number of piperidine rings is 1. The van der Waals surface area contributed by atoms with Crippen molar-refractivity contribution in [2.24, 2.45) is 11.8 Å². The molecule has 16 heavy (non-hydrogen) atoms. The Kier molecular flexibility index (Phi) is 7.06. The maximum atomic E-state index is 3.44. The van der Waals surface area contributed by atoms with Crippen LogP contribution in [0.25, 0.3) is 0 Å². The molecule has 1 aliphatic heterocycles. The zero-order chi connectivity index (χ0) is 11.8. The molecule has 0 aliphatic carbocycles. The first-order valence-corrected chi connectivity index (χ1v) is 7.07. The number of hydrogen-bond donors (Lipinski definition) is 1. The molecule has 2 heteroatoms. The average molecular weight is 226 g/mol. The second-order valence-corrected chi connectivity index (χ2v) is 5.82. The van der Waals surface area contributed by atoms with Gasteiger partial charge in [-0.2, -0.15) is 0 Å². The second kappa shape index (κ2) is 8.08. The van der Waals surface area contributed by atoms with Crippen molar-refractivity contribution in [2.45, 2.75) is 46.0 Å². The molecule has 0 amide bonds. The van der Waals surface area contributed by atoms with Gasteiger partial charge in [-0.1, -0.05) is 13.8 Å². The van der Waals surface area contributed by atoms with E-state index in [1.165, 1.54) is 58.3 Å². The molecule has 0 aromatic rings. The van der Waals surface area contributed by atoms with E-state index in [0.29, 0.717) is 0 Å². The van der Waals surface area contributed by atoms with Crippen molar-refractivity contribution in [1.82, 2.24) is 10.2 Å². The molecule has 0 bridgehead atoms. The summed E-state index contributed by atoms with van der Waals surface area (Å²) >= 11 is 0. The minimum absolute atomic E-state index is 0.840. The Hall–Kier alpha value is -0.0800. The van der Waals surface area contributed by atoms with Gasteiger partial charge in [-0.05, 0) is 77.2 Å². The van der Waals surface area contributed by atoms with Gasteiger partial charge in [0, 0.05) is 0 Å². The fourth-order valence-electron chi connectivity index (χ4n) is 2.41. The monoisotopic (exact) mass is 226 g/mol. The van der Waals surface area contributed by atoms with E-state index in [2.05, 4.69) is 31.1 Å². The first-order chi connectivity index (χ1) is 7.68. The summed E-state index contributed by atoms with van der Waals surface area (Å²) in [5, 5.41) is 3.44. The molecule has 0 aromatic carbocycles. The largest absolute Gasteiger partial charge is 0.317 e. The lowest BCUT2D eigenvalue weighted by atomic mass is 9.93. The van der Waals surface area contributed by atoms with E-state index in [0.717, 1.165) is 11.8 Å². The van der Waals surface area contributed by atoms with Crippen LogP contribution in [0.2, 0.25) is 0 Å². The molecule has 0 atom stereocenters. The Morgan fingerprint density at radius 2 is 1.88 bits per heavy atom. The maximum absolute atomic E-state index is 3.44. The summed E-state index contributed by atoms with van der Waals surface area (Å²) in [4.78, 5) is 2.50. The quantitative estimate of drug-likeness (QED) is 0.718. The van der Waals surface area contributed by atoms with Crippen LogP contribution in [0, 0.1) is 11.8 Å². The normalized spacial score (nSPS) is 18.6. The molecule has 1 saturated heterocycles. The first kappa shape index (κ1) is 14.0. The Morgan fingerprint density at radius 1 is 1.19 bits per heavy atom. The Morgan fingerprint density at radius 3 is 2.50 bits per heavy atom. The van der Waals surface area contributed by atoms with Gasteiger partial charge in [0.25, 0.3) is 0 Å². The van der Waals surface area contributed by atoms with E-state index in [1.807, 2.05) is 0 Å². The van der Waals surface area contributed by atoms with Crippen molar-refractivity contribution in [3.63, 3.8) is 0 Å². The Balaban J connectivity index is 1.96. The molecule has 1 heterocycles. The fraction of sp³-hybridized carbons (Fsp3) is 1.00. The molecule has 2 nitrogen and oxygen atoms in total. The number of hydrogen-bond acceptors (Lipinski definition) is 2.